The van der Waals surface area contributed by atoms with Crippen LogP contribution in [0.5, 0.6) is 5.75 Å². The van der Waals surface area contributed by atoms with Gasteiger partial charge in [0.15, 0.2) is 5.69 Å². The lowest BCUT2D eigenvalue weighted by atomic mass is 9.86. The minimum absolute atomic E-state index is 0.0361. The minimum atomic E-state index is -1.21. The molecule has 9 nitrogen and oxygen atoms in total. The van der Waals surface area contributed by atoms with Crippen LogP contribution in [0, 0.1) is 5.92 Å². The van der Waals surface area contributed by atoms with Crippen LogP contribution in [0.15, 0.2) is 30.3 Å². The molecule has 1 N–H and O–H groups in total. The Kier molecular flexibility index (Phi) is 6.63. The van der Waals surface area contributed by atoms with E-state index in [4.69, 9.17) is 9.47 Å². The van der Waals surface area contributed by atoms with Crippen molar-refractivity contribution in [2.75, 3.05) is 14.2 Å². The number of esters is 1. The van der Waals surface area contributed by atoms with Gasteiger partial charge in [-0.3, -0.25) is 14.3 Å². The highest BCUT2D eigenvalue weighted by molar-refractivity contribution is 6.01. The molecule has 9 heteroatoms. The van der Waals surface area contributed by atoms with E-state index in [1.165, 1.54) is 17.9 Å². The molecule has 0 bridgehead atoms. The van der Waals surface area contributed by atoms with Gasteiger partial charge < -0.3 is 19.7 Å². The van der Waals surface area contributed by atoms with Crippen LogP contribution in [-0.2, 0) is 22.6 Å². The summed E-state index contributed by atoms with van der Waals surface area (Å²) in [6.07, 6.45) is 3.97. The number of hydrogen-bond acceptors (Lipinski definition) is 6. The largest absolute Gasteiger partial charge is 0.496 e. The van der Waals surface area contributed by atoms with Crippen molar-refractivity contribution < 1.29 is 23.9 Å². The van der Waals surface area contributed by atoms with E-state index in [1.807, 2.05) is 24.3 Å². The first-order valence-corrected chi connectivity index (χ1v) is 11.7. The molecule has 2 heterocycles. The summed E-state index contributed by atoms with van der Waals surface area (Å²) in [4.78, 5) is 41.0. The fourth-order valence-electron chi connectivity index (χ4n) is 4.84. The SMILES string of the molecule is COC(=O)c1cc2n(n1)C[C@@](C)(C(=O)NC1CCC(C)CC1)N(Cc1ccccc1OC)C2=O. The van der Waals surface area contributed by atoms with E-state index in [2.05, 4.69) is 17.3 Å². The van der Waals surface area contributed by atoms with E-state index < -0.39 is 11.5 Å². The molecule has 2 amide bonds. The van der Waals surface area contributed by atoms with Gasteiger partial charge in [0.25, 0.3) is 5.91 Å². The second kappa shape index (κ2) is 9.48. The molecular formula is C25H32N4O5. The molecule has 1 aliphatic carbocycles. The van der Waals surface area contributed by atoms with E-state index in [0.717, 1.165) is 31.2 Å². The lowest BCUT2D eigenvalue weighted by Crippen LogP contribution is -2.64. The predicted molar refractivity (Wildman–Crippen MR) is 124 cm³/mol. The van der Waals surface area contributed by atoms with Crippen molar-refractivity contribution in [3.63, 3.8) is 0 Å². The average molecular weight is 469 g/mol. The number of hydrogen-bond donors (Lipinski definition) is 1. The standard InChI is InChI=1S/C25H32N4O5/c1-16-9-11-18(12-10-16)26-24(32)25(2)15-29-20(13-19(27-29)23(31)34-4)22(30)28(25)14-17-7-5-6-8-21(17)33-3/h5-8,13,16,18H,9-12,14-15H2,1-4H3,(H,26,32)/t16?,18?,25-/m0/s1. The number of nitrogens with zero attached hydrogens (tertiary/aromatic N) is 3. The van der Waals surface area contributed by atoms with Gasteiger partial charge in [-0.25, -0.2) is 4.79 Å². The number of carbonyl (C=O) groups excluding carboxylic acids is 3. The van der Waals surface area contributed by atoms with Gasteiger partial charge in [-0.1, -0.05) is 25.1 Å². The molecule has 1 aromatic heterocycles. The van der Waals surface area contributed by atoms with Gasteiger partial charge in [0.1, 0.15) is 17.0 Å². The lowest BCUT2D eigenvalue weighted by Gasteiger charge is -2.44. The summed E-state index contributed by atoms with van der Waals surface area (Å²) in [6.45, 7) is 4.28. The van der Waals surface area contributed by atoms with Gasteiger partial charge >= 0.3 is 5.97 Å². The molecule has 0 spiro atoms. The van der Waals surface area contributed by atoms with Crippen LogP contribution in [0.25, 0.3) is 0 Å². The molecule has 2 aromatic rings. The number of methoxy groups -OCH3 is 2. The first-order valence-electron chi connectivity index (χ1n) is 11.7. The maximum atomic E-state index is 13.7. The smallest absolute Gasteiger partial charge is 0.358 e. The van der Waals surface area contributed by atoms with Gasteiger partial charge in [-0.05, 0) is 44.6 Å². The van der Waals surface area contributed by atoms with E-state index >= 15 is 0 Å². The average Bonchev–Trinajstić information content (AvgIpc) is 3.26. The molecule has 1 aliphatic heterocycles. The third-order valence-corrected chi connectivity index (χ3v) is 7.05. The first kappa shape index (κ1) is 23.8. The Hall–Kier alpha value is -3.36. The number of amides is 2. The topological polar surface area (TPSA) is 103 Å². The Labute approximate surface area is 199 Å². The van der Waals surface area contributed by atoms with Crippen LogP contribution in [-0.4, -0.2) is 58.3 Å². The molecule has 1 saturated carbocycles. The Morgan fingerprint density at radius 3 is 2.56 bits per heavy atom. The normalized spacial score (nSPS) is 24.4. The first-order chi connectivity index (χ1) is 16.3. The maximum Gasteiger partial charge on any atom is 0.358 e. The van der Waals surface area contributed by atoms with E-state index in [9.17, 15) is 14.4 Å². The number of carbonyl (C=O) groups is 3. The van der Waals surface area contributed by atoms with Crippen molar-refractivity contribution >= 4 is 17.8 Å². The summed E-state index contributed by atoms with van der Waals surface area (Å²) in [6, 6.07) is 8.92. The lowest BCUT2D eigenvalue weighted by molar-refractivity contribution is -0.134. The molecule has 0 radical (unpaired) electrons. The van der Waals surface area contributed by atoms with Crippen molar-refractivity contribution in [1.29, 1.82) is 0 Å². The highest BCUT2D eigenvalue weighted by Crippen LogP contribution is 2.32. The number of para-hydroxylation sites is 1. The molecule has 1 aromatic carbocycles. The van der Waals surface area contributed by atoms with E-state index in [0.29, 0.717) is 11.7 Å². The van der Waals surface area contributed by atoms with Gasteiger partial charge in [-0.2, -0.15) is 5.10 Å². The van der Waals surface area contributed by atoms with Crippen molar-refractivity contribution in [2.45, 2.75) is 64.2 Å². The van der Waals surface area contributed by atoms with Crippen LogP contribution in [0.4, 0.5) is 0 Å². The number of ether oxygens (including phenoxy) is 2. The number of nitrogens with one attached hydrogen (secondary N) is 1. The number of aromatic nitrogens is 2. The number of rotatable bonds is 6. The molecule has 1 fully saturated rings. The van der Waals surface area contributed by atoms with Crippen LogP contribution >= 0.6 is 0 Å². The second-order valence-electron chi connectivity index (χ2n) is 9.47. The highest BCUT2D eigenvalue weighted by Gasteiger charge is 2.49. The molecule has 0 unspecified atom stereocenters. The molecular weight excluding hydrogens is 436 g/mol. The van der Waals surface area contributed by atoms with Crippen LogP contribution in [0.1, 0.15) is 66.1 Å². The summed E-state index contributed by atoms with van der Waals surface area (Å²) in [5, 5.41) is 7.46. The molecule has 34 heavy (non-hydrogen) atoms. The fraction of sp³-hybridized carbons (Fsp3) is 0.520. The Morgan fingerprint density at radius 1 is 1.18 bits per heavy atom. The zero-order valence-corrected chi connectivity index (χ0v) is 20.2. The molecule has 2 aliphatic rings. The summed E-state index contributed by atoms with van der Waals surface area (Å²) in [7, 11) is 2.84. The second-order valence-corrected chi connectivity index (χ2v) is 9.47. The summed E-state index contributed by atoms with van der Waals surface area (Å²) < 4.78 is 11.7. The van der Waals surface area contributed by atoms with E-state index in [1.54, 1.807) is 18.9 Å². The van der Waals surface area contributed by atoms with Gasteiger partial charge in [0.2, 0.25) is 5.91 Å². The monoisotopic (exact) mass is 468 g/mol. The van der Waals surface area contributed by atoms with Crippen molar-refractivity contribution in [2.24, 2.45) is 5.92 Å². The summed E-state index contributed by atoms with van der Waals surface area (Å²) in [5.41, 5.74) is -0.154. The predicted octanol–water partition coefficient (Wildman–Crippen LogP) is 2.79. The fourth-order valence-corrected chi connectivity index (χ4v) is 4.84. The zero-order chi connectivity index (χ0) is 24.5. The van der Waals surface area contributed by atoms with Crippen LogP contribution in [0.3, 0.4) is 0 Å². The molecule has 4 rings (SSSR count). The summed E-state index contributed by atoms with van der Waals surface area (Å²) >= 11 is 0. The Bertz CT molecular complexity index is 1090. The minimum Gasteiger partial charge on any atom is -0.496 e. The number of fused-ring (bicyclic) bond motifs is 1. The van der Waals surface area contributed by atoms with Crippen LogP contribution in [0.2, 0.25) is 0 Å². The quantitative estimate of drug-likeness (QED) is 0.654. The van der Waals surface area contributed by atoms with Gasteiger partial charge in [-0.15, -0.1) is 0 Å². The molecule has 1 atom stereocenters. The van der Waals surface area contributed by atoms with Gasteiger partial charge in [0.05, 0.1) is 27.3 Å². The van der Waals surface area contributed by atoms with Gasteiger partial charge in [0, 0.05) is 17.7 Å². The Balaban J connectivity index is 1.69. The van der Waals surface area contributed by atoms with E-state index in [-0.39, 0.29) is 42.3 Å². The maximum absolute atomic E-state index is 13.7. The third-order valence-electron chi connectivity index (χ3n) is 7.05. The van der Waals surface area contributed by atoms with Crippen molar-refractivity contribution in [3.05, 3.63) is 47.3 Å². The van der Waals surface area contributed by atoms with Crippen LogP contribution < -0.4 is 10.1 Å². The van der Waals surface area contributed by atoms with Crippen molar-refractivity contribution in [3.8, 4) is 5.75 Å². The number of benzene rings is 1. The molecule has 182 valence electrons. The van der Waals surface area contributed by atoms with Crippen molar-refractivity contribution in [1.82, 2.24) is 20.0 Å². The molecule has 0 saturated heterocycles. The Morgan fingerprint density at radius 2 is 1.88 bits per heavy atom. The zero-order valence-electron chi connectivity index (χ0n) is 20.2. The third kappa shape index (κ3) is 4.38. The highest BCUT2D eigenvalue weighted by atomic mass is 16.5. The summed E-state index contributed by atoms with van der Waals surface area (Å²) in [5.74, 6) is 0.0540.